The van der Waals surface area contributed by atoms with Crippen LogP contribution in [0.4, 0.5) is 5.69 Å². The molecule has 0 unspecified atom stereocenters. The number of hydrogen-bond acceptors (Lipinski definition) is 5. The van der Waals surface area contributed by atoms with Gasteiger partial charge in [0.25, 0.3) is 0 Å². The Bertz CT molecular complexity index is 791. The summed E-state index contributed by atoms with van der Waals surface area (Å²) in [5, 5.41) is 2.82. The highest BCUT2D eigenvalue weighted by molar-refractivity contribution is 7.90. The van der Waals surface area contributed by atoms with Gasteiger partial charge in [0.05, 0.1) is 23.9 Å². The minimum absolute atomic E-state index is 0.0966. The van der Waals surface area contributed by atoms with Gasteiger partial charge in [0.1, 0.15) is 5.75 Å². The number of carbonyl (C=O) groups excluding carboxylic acids is 1. The summed E-state index contributed by atoms with van der Waals surface area (Å²) in [5.41, 5.74) is 0.299. The maximum Gasteiger partial charge on any atom is 0.241 e. The smallest absolute Gasteiger partial charge is 0.241 e. The van der Waals surface area contributed by atoms with Crippen molar-refractivity contribution in [2.75, 3.05) is 24.3 Å². The molecule has 2 aliphatic rings. The molecule has 0 atom stereocenters. The van der Waals surface area contributed by atoms with Gasteiger partial charge in [-0.1, -0.05) is 18.5 Å². The second kappa shape index (κ2) is 8.67. The predicted octanol–water partition coefficient (Wildman–Crippen LogP) is 2.94. The number of sulfonamides is 1. The maximum absolute atomic E-state index is 12.3. The number of fused-ring (bicyclic) bond motifs is 1. The number of carbonyl (C=O) groups is 1. The molecule has 1 aliphatic carbocycles. The molecule has 1 fully saturated rings. The predicted molar refractivity (Wildman–Crippen MR) is 104 cm³/mol. The van der Waals surface area contributed by atoms with Crippen molar-refractivity contribution in [2.24, 2.45) is 5.92 Å². The summed E-state index contributed by atoms with van der Waals surface area (Å²) in [6.45, 7) is 3.19. The summed E-state index contributed by atoms with van der Waals surface area (Å²) in [5.74, 6) is 0.309. The quantitative estimate of drug-likeness (QED) is 0.769. The minimum atomic E-state index is -3.72. The number of halogens is 1. The van der Waals surface area contributed by atoms with Crippen LogP contribution in [0.2, 0.25) is 5.02 Å². The lowest BCUT2D eigenvalue weighted by Crippen LogP contribution is -2.41. The zero-order valence-electron chi connectivity index (χ0n) is 15.3. The van der Waals surface area contributed by atoms with E-state index in [1.165, 1.54) is 0 Å². The van der Waals surface area contributed by atoms with Crippen LogP contribution in [-0.4, -0.2) is 39.3 Å². The molecule has 3 rings (SSSR count). The Hall–Kier alpha value is -1.51. The van der Waals surface area contributed by atoms with E-state index in [0.717, 1.165) is 32.1 Å². The fourth-order valence-corrected chi connectivity index (χ4v) is 4.76. The number of rotatable bonds is 5. The lowest BCUT2D eigenvalue weighted by Gasteiger charge is -2.26. The average Bonchev–Trinajstić information content (AvgIpc) is 2.81. The van der Waals surface area contributed by atoms with Crippen LogP contribution in [0.1, 0.15) is 39.0 Å². The molecule has 0 aromatic heterocycles. The number of anilines is 1. The number of amides is 1. The second-order valence-electron chi connectivity index (χ2n) is 7.21. The number of hydrogen-bond donors (Lipinski definition) is 2. The first-order chi connectivity index (χ1) is 12.8. The first kappa shape index (κ1) is 20.2. The van der Waals surface area contributed by atoms with Gasteiger partial charge < -0.3 is 14.8 Å². The SMILES string of the molecule is CC1CCC(NS(=O)(=O)CC(=O)Nc2cc3c(cc2Cl)OCCCO3)CC1. The van der Waals surface area contributed by atoms with Crippen LogP contribution in [0.5, 0.6) is 11.5 Å². The summed E-state index contributed by atoms with van der Waals surface area (Å²) < 4.78 is 38.3. The molecule has 150 valence electrons. The standard InChI is InChI=1S/C18H25ClN2O5S/c1-12-3-5-13(6-4-12)21-27(23,24)11-18(22)20-15-10-17-16(9-14(15)19)25-7-2-8-26-17/h9-10,12-13,21H,2-8,11H2,1H3,(H,20,22). The summed E-state index contributed by atoms with van der Waals surface area (Å²) in [7, 11) is -3.72. The van der Waals surface area contributed by atoms with Gasteiger partial charge in [0.2, 0.25) is 15.9 Å². The van der Waals surface area contributed by atoms with E-state index in [2.05, 4.69) is 17.0 Å². The van der Waals surface area contributed by atoms with Gasteiger partial charge >= 0.3 is 0 Å². The van der Waals surface area contributed by atoms with E-state index in [4.69, 9.17) is 21.1 Å². The van der Waals surface area contributed by atoms with Gasteiger partial charge in [-0.05, 0) is 31.6 Å². The van der Waals surface area contributed by atoms with Gasteiger partial charge in [0, 0.05) is 24.6 Å². The Morgan fingerprint density at radius 2 is 1.78 bits per heavy atom. The lowest BCUT2D eigenvalue weighted by atomic mass is 9.88. The Morgan fingerprint density at radius 1 is 1.15 bits per heavy atom. The van der Waals surface area contributed by atoms with Crippen molar-refractivity contribution in [2.45, 2.75) is 45.1 Å². The monoisotopic (exact) mass is 416 g/mol. The Balaban J connectivity index is 1.61. The van der Waals surface area contributed by atoms with Crippen LogP contribution in [0.15, 0.2) is 12.1 Å². The van der Waals surface area contributed by atoms with Gasteiger partial charge in [-0.25, -0.2) is 13.1 Å². The van der Waals surface area contributed by atoms with Gasteiger partial charge in [0.15, 0.2) is 11.5 Å². The first-order valence-electron chi connectivity index (χ1n) is 9.21. The van der Waals surface area contributed by atoms with Crippen molar-refractivity contribution >= 4 is 33.2 Å². The third kappa shape index (κ3) is 5.73. The average molecular weight is 417 g/mol. The number of ether oxygens (including phenoxy) is 2. The molecule has 0 saturated heterocycles. The third-order valence-electron chi connectivity index (χ3n) is 4.79. The van der Waals surface area contributed by atoms with Crippen LogP contribution in [0.25, 0.3) is 0 Å². The van der Waals surface area contributed by atoms with Crippen LogP contribution in [-0.2, 0) is 14.8 Å². The van der Waals surface area contributed by atoms with E-state index < -0.39 is 21.7 Å². The first-order valence-corrected chi connectivity index (χ1v) is 11.2. The fourth-order valence-electron chi connectivity index (χ4n) is 3.31. The summed E-state index contributed by atoms with van der Waals surface area (Å²) >= 11 is 6.18. The molecule has 1 aromatic rings. The third-order valence-corrected chi connectivity index (χ3v) is 6.44. The van der Waals surface area contributed by atoms with Crippen molar-refractivity contribution in [1.82, 2.24) is 4.72 Å². The molecule has 1 aliphatic heterocycles. The van der Waals surface area contributed by atoms with Crippen LogP contribution in [0.3, 0.4) is 0 Å². The minimum Gasteiger partial charge on any atom is -0.490 e. The zero-order valence-corrected chi connectivity index (χ0v) is 16.9. The zero-order chi connectivity index (χ0) is 19.4. The summed E-state index contributed by atoms with van der Waals surface area (Å²) in [6.07, 6.45) is 4.34. The van der Waals surface area contributed by atoms with Crippen LogP contribution < -0.4 is 19.5 Å². The molecule has 9 heteroatoms. The molecule has 2 N–H and O–H groups in total. The maximum atomic E-state index is 12.3. The van der Waals surface area contributed by atoms with Crippen molar-refractivity contribution in [3.8, 4) is 11.5 Å². The largest absolute Gasteiger partial charge is 0.490 e. The highest BCUT2D eigenvalue weighted by atomic mass is 35.5. The van der Waals surface area contributed by atoms with Crippen molar-refractivity contribution < 1.29 is 22.7 Å². The summed E-state index contributed by atoms with van der Waals surface area (Å²) in [6, 6.07) is 3.03. The van der Waals surface area contributed by atoms with E-state index in [-0.39, 0.29) is 11.1 Å². The Morgan fingerprint density at radius 3 is 2.44 bits per heavy atom. The molecular formula is C18H25ClN2O5S. The normalized spacial score (nSPS) is 22.7. The summed E-state index contributed by atoms with van der Waals surface area (Å²) in [4.78, 5) is 12.2. The van der Waals surface area contributed by atoms with Crippen molar-refractivity contribution in [3.05, 3.63) is 17.2 Å². The van der Waals surface area contributed by atoms with E-state index in [1.54, 1.807) is 12.1 Å². The lowest BCUT2D eigenvalue weighted by molar-refractivity contribution is -0.113. The molecule has 1 aromatic carbocycles. The van der Waals surface area contributed by atoms with E-state index in [1.807, 2.05) is 0 Å². The molecular weight excluding hydrogens is 392 g/mol. The van der Waals surface area contributed by atoms with Crippen molar-refractivity contribution in [1.29, 1.82) is 0 Å². The molecule has 0 bridgehead atoms. The van der Waals surface area contributed by atoms with Crippen molar-refractivity contribution in [3.63, 3.8) is 0 Å². The van der Waals surface area contributed by atoms with E-state index in [9.17, 15) is 13.2 Å². The topological polar surface area (TPSA) is 93.7 Å². The van der Waals surface area contributed by atoms with Crippen LogP contribution >= 0.6 is 11.6 Å². The number of nitrogens with one attached hydrogen (secondary N) is 2. The van der Waals surface area contributed by atoms with Gasteiger partial charge in [-0.2, -0.15) is 0 Å². The highest BCUT2D eigenvalue weighted by Gasteiger charge is 2.25. The molecule has 1 saturated carbocycles. The Kier molecular flexibility index (Phi) is 6.49. The molecule has 1 amide bonds. The number of benzene rings is 1. The molecule has 0 spiro atoms. The van der Waals surface area contributed by atoms with Crippen LogP contribution in [0, 0.1) is 5.92 Å². The second-order valence-corrected chi connectivity index (χ2v) is 9.37. The fraction of sp³-hybridized carbons (Fsp3) is 0.611. The Labute approximate surface area is 164 Å². The molecule has 0 radical (unpaired) electrons. The van der Waals surface area contributed by atoms with E-state index >= 15 is 0 Å². The highest BCUT2D eigenvalue weighted by Crippen LogP contribution is 2.37. The molecule has 1 heterocycles. The molecule has 7 nitrogen and oxygen atoms in total. The molecule has 27 heavy (non-hydrogen) atoms. The van der Waals surface area contributed by atoms with Gasteiger partial charge in [-0.3, -0.25) is 4.79 Å². The van der Waals surface area contributed by atoms with E-state index in [0.29, 0.717) is 36.3 Å². The van der Waals surface area contributed by atoms with Gasteiger partial charge in [-0.15, -0.1) is 0 Å².